The molecule has 0 saturated carbocycles. The van der Waals surface area contributed by atoms with Crippen molar-refractivity contribution in [2.75, 3.05) is 38.2 Å². The van der Waals surface area contributed by atoms with E-state index in [1.807, 2.05) is 29.2 Å². The van der Waals surface area contributed by atoms with Crippen LogP contribution in [0, 0.1) is 0 Å². The predicted octanol–water partition coefficient (Wildman–Crippen LogP) is 3.02. The van der Waals surface area contributed by atoms with Crippen LogP contribution in [0.1, 0.15) is 37.0 Å². The van der Waals surface area contributed by atoms with Gasteiger partial charge in [-0.2, -0.15) is 4.98 Å². The maximum absolute atomic E-state index is 12.9. The molecule has 2 heterocycles. The normalized spacial score (nSPS) is 16.5. The number of carbonyl (C=O) groups excluding carboxylic acids is 1. The Labute approximate surface area is 166 Å². The monoisotopic (exact) mass is 384 g/mol. The van der Waals surface area contributed by atoms with Crippen molar-refractivity contribution in [3.8, 4) is 11.8 Å². The summed E-state index contributed by atoms with van der Waals surface area (Å²) in [6, 6.07) is 7.86. The highest BCUT2D eigenvalue weighted by Crippen LogP contribution is 2.21. The van der Waals surface area contributed by atoms with E-state index in [1.54, 1.807) is 13.3 Å². The molecule has 1 aromatic carbocycles. The van der Waals surface area contributed by atoms with E-state index in [0.717, 1.165) is 38.2 Å². The van der Waals surface area contributed by atoms with Gasteiger partial charge in [-0.05, 0) is 51.0 Å². The highest BCUT2D eigenvalue weighted by atomic mass is 16.5. The average molecular weight is 384 g/mol. The van der Waals surface area contributed by atoms with Gasteiger partial charge in [-0.25, -0.2) is 0 Å². The van der Waals surface area contributed by atoms with Crippen LogP contribution >= 0.6 is 0 Å². The van der Waals surface area contributed by atoms with E-state index in [9.17, 15) is 4.79 Å². The molecule has 28 heavy (non-hydrogen) atoms. The van der Waals surface area contributed by atoms with Gasteiger partial charge in [0.15, 0.2) is 0 Å². The zero-order valence-electron chi connectivity index (χ0n) is 16.8. The van der Waals surface area contributed by atoms with E-state index in [4.69, 9.17) is 9.47 Å². The molecule has 3 rings (SSSR count). The number of amides is 1. The lowest BCUT2D eigenvalue weighted by Crippen LogP contribution is -2.44. The van der Waals surface area contributed by atoms with Crippen molar-refractivity contribution in [2.24, 2.45) is 0 Å². The van der Waals surface area contributed by atoms with Crippen molar-refractivity contribution in [1.29, 1.82) is 0 Å². The van der Waals surface area contributed by atoms with Crippen LogP contribution in [0.5, 0.6) is 11.8 Å². The minimum atomic E-state index is -0.103. The third-order valence-electron chi connectivity index (χ3n) is 5.00. The highest BCUT2D eigenvalue weighted by molar-refractivity contribution is 5.94. The maximum Gasteiger partial charge on any atom is 0.253 e. The summed E-state index contributed by atoms with van der Waals surface area (Å²) in [6.45, 7) is 7.42. The molecule has 1 amide bonds. The van der Waals surface area contributed by atoms with Gasteiger partial charge >= 0.3 is 0 Å². The summed E-state index contributed by atoms with van der Waals surface area (Å²) >= 11 is 0. The van der Waals surface area contributed by atoms with Gasteiger partial charge in [-0.3, -0.25) is 9.78 Å². The molecular formula is C21H28N4O3. The molecule has 1 aromatic heterocycles. The Bertz CT molecular complexity index is 777. The molecule has 1 saturated heterocycles. The Morgan fingerprint density at radius 1 is 1.18 bits per heavy atom. The third-order valence-corrected chi connectivity index (χ3v) is 5.00. The van der Waals surface area contributed by atoms with E-state index in [1.165, 1.54) is 6.20 Å². The average Bonchev–Trinajstić information content (AvgIpc) is 2.75. The molecule has 0 radical (unpaired) electrons. The van der Waals surface area contributed by atoms with E-state index in [-0.39, 0.29) is 12.0 Å². The van der Waals surface area contributed by atoms with E-state index < -0.39 is 0 Å². The summed E-state index contributed by atoms with van der Waals surface area (Å²) in [5, 5.41) is 0. The number of rotatable bonds is 7. The second-order valence-electron chi connectivity index (χ2n) is 6.75. The fourth-order valence-corrected chi connectivity index (χ4v) is 3.46. The fourth-order valence-electron chi connectivity index (χ4n) is 3.46. The van der Waals surface area contributed by atoms with Gasteiger partial charge in [0.05, 0.1) is 26.0 Å². The number of carbonyl (C=O) groups is 1. The first-order valence-electron chi connectivity index (χ1n) is 9.81. The number of ether oxygens (including phenoxy) is 2. The minimum Gasteiger partial charge on any atom is -0.480 e. The van der Waals surface area contributed by atoms with Gasteiger partial charge in [-0.15, -0.1) is 0 Å². The van der Waals surface area contributed by atoms with Crippen LogP contribution in [0.4, 0.5) is 5.69 Å². The minimum absolute atomic E-state index is 0.0381. The van der Waals surface area contributed by atoms with Gasteiger partial charge in [-0.1, -0.05) is 0 Å². The molecule has 0 aliphatic carbocycles. The summed E-state index contributed by atoms with van der Waals surface area (Å²) in [6.07, 6.45) is 4.77. The maximum atomic E-state index is 12.9. The second-order valence-corrected chi connectivity index (χ2v) is 6.75. The summed E-state index contributed by atoms with van der Waals surface area (Å²) < 4.78 is 11.0. The summed E-state index contributed by atoms with van der Waals surface area (Å²) in [5.74, 6) is 0.868. The van der Waals surface area contributed by atoms with Crippen LogP contribution in [0.2, 0.25) is 0 Å². The first-order chi connectivity index (χ1) is 13.6. The van der Waals surface area contributed by atoms with Gasteiger partial charge in [0, 0.05) is 30.9 Å². The molecule has 0 N–H and O–H groups in total. The fraction of sp³-hybridized carbons (Fsp3) is 0.476. The van der Waals surface area contributed by atoms with Crippen LogP contribution in [0.3, 0.4) is 0 Å². The van der Waals surface area contributed by atoms with E-state index in [0.29, 0.717) is 23.9 Å². The van der Waals surface area contributed by atoms with Crippen molar-refractivity contribution < 1.29 is 14.3 Å². The summed E-state index contributed by atoms with van der Waals surface area (Å²) in [4.78, 5) is 25.3. The van der Waals surface area contributed by atoms with Crippen LogP contribution in [-0.2, 0) is 0 Å². The highest BCUT2D eigenvalue weighted by Gasteiger charge is 2.26. The Morgan fingerprint density at radius 3 is 2.57 bits per heavy atom. The van der Waals surface area contributed by atoms with Crippen LogP contribution in [-0.4, -0.2) is 60.2 Å². The zero-order valence-corrected chi connectivity index (χ0v) is 16.8. The van der Waals surface area contributed by atoms with Gasteiger partial charge in [0.25, 0.3) is 5.91 Å². The van der Waals surface area contributed by atoms with Crippen molar-refractivity contribution >= 4 is 11.6 Å². The Kier molecular flexibility index (Phi) is 6.68. The molecule has 7 heteroatoms. The first-order valence-corrected chi connectivity index (χ1v) is 9.81. The lowest BCUT2D eigenvalue weighted by Gasteiger charge is -2.32. The molecule has 0 spiro atoms. The molecule has 1 atom stereocenters. The van der Waals surface area contributed by atoms with Crippen molar-refractivity contribution in [2.45, 2.75) is 32.8 Å². The van der Waals surface area contributed by atoms with Crippen molar-refractivity contribution in [3.05, 3.63) is 42.2 Å². The molecule has 0 bridgehead atoms. The number of piperidine rings is 1. The van der Waals surface area contributed by atoms with Gasteiger partial charge in [0.2, 0.25) is 11.8 Å². The SMILES string of the molecule is CCN(CC)c1ccc(C(=O)N2CCCC(Oc3cncc(OC)n3)C2)cc1. The lowest BCUT2D eigenvalue weighted by atomic mass is 10.1. The number of aromatic nitrogens is 2. The standard InChI is InChI=1S/C21H28N4O3/c1-4-24(5-2)17-10-8-16(9-11-17)21(26)25-12-6-7-18(15-25)28-20-14-22-13-19(23-20)27-3/h8-11,13-14,18H,4-7,12,15H2,1-3H3. The van der Waals surface area contributed by atoms with Gasteiger partial charge < -0.3 is 19.3 Å². The molecule has 150 valence electrons. The molecule has 1 aliphatic rings. The number of likely N-dealkylation sites (tertiary alicyclic amines) is 1. The van der Waals surface area contributed by atoms with Crippen LogP contribution in [0.15, 0.2) is 36.7 Å². The predicted molar refractivity (Wildman–Crippen MR) is 108 cm³/mol. The number of benzene rings is 1. The molecule has 1 aliphatic heterocycles. The number of hydrogen-bond donors (Lipinski definition) is 0. The Morgan fingerprint density at radius 2 is 1.89 bits per heavy atom. The third kappa shape index (κ3) is 4.71. The van der Waals surface area contributed by atoms with Crippen LogP contribution in [0.25, 0.3) is 0 Å². The molecule has 1 unspecified atom stereocenters. The van der Waals surface area contributed by atoms with Crippen LogP contribution < -0.4 is 14.4 Å². The largest absolute Gasteiger partial charge is 0.480 e. The topological polar surface area (TPSA) is 67.8 Å². The first kappa shape index (κ1) is 19.9. The smallest absolute Gasteiger partial charge is 0.253 e. The van der Waals surface area contributed by atoms with E-state index >= 15 is 0 Å². The van der Waals surface area contributed by atoms with E-state index in [2.05, 4.69) is 28.7 Å². The number of methoxy groups -OCH3 is 1. The van der Waals surface area contributed by atoms with Crippen molar-refractivity contribution in [1.82, 2.24) is 14.9 Å². The molecule has 7 nitrogen and oxygen atoms in total. The molecular weight excluding hydrogens is 356 g/mol. The Balaban J connectivity index is 1.63. The molecule has 2 aromatic rings. The van der Waals surface area contributed by atoms with Crippen molar-refractivity contribution in [3.63, 3.8) is 0 Å². The lowest BCUT2D eigenvalue weighted by molar-refractivity contribution is 0.0525. The van der Waals surface area contributed by atoms with Gasteiger partial charge in [0.1, 0.15) is 6.10 Å². The second kappa shape index (κ2) is 9.39. The quantitative estimate of drug-likeness (QED) is 0.731. The number of nitrogens with zero attached hydrogens (tertiary/aromatic N) is 4. The zero-order chi connectivity index (χ0) is 19.9. The summed E-state index contributed by atoms with van der Waals surface area (Å²) in [5.41, 5.74) is 1.84. The molecule has 1 fully saturated rings. The summed E-state index contributed by atoms with van der Waals surface area (Å²) in [7, 11) is 1.54. The Hall–Kier alpha value is -2.83. The number of hydrogen-bond acceptors (Lipinski definition) is 6. The number of anilines is 1.